The van der Waals surface area contributed by atoms with Gasteiger partial charge in [-0.15, -0.1) is 0 Å². The van der Waals surface area contributed by atoms with Crippen molar-refractivity contribution in [3.63, 3.8) is 0 Å². The molecule has 0 saturated heterocycles. The second-order valence-electron chi connectivity index (χ2n) is 5.56. The molecule has 0 aliphatic heterocycles. The van der Waals surface area contributed by atoms with Gasteiger partial charge in [-0.2, -0.15) is 0 Å². The first-order chi connectivity index (χ1) is 12.6. The Labute approximate surface area is 158 Å². The van der Waals surface area contributed by atoms with Gasteiger partial charge in [0.25, 0.3) is 5.56 Å². The van der Waals surface area contributed by atoms with Gasteiger partial charge in [0.05, 0.1) is 13.7 Å². The molecule has 1 aromatic heterocycles. The molecule has 0 aliphatic rings. The summed E-state index contributed by atoms with van der Waals surface area (Å²) in [7, 11) is 1.60. The number of aromatic nitrogens is 2. The SMILES string of the molecule is COc1ccc(COc2ncn(Cc3cccc(F)c3)c(=O)c2Br)cc1. The molecule has 0 atom stereocenters. The Morgan fingerprint density at radius 2 is 1.92 bits per heavy atom. The lowest BCUT2D eigenvalue weighted by molar-refractivity contribution is 0.289. The van der Waals surface area contributed by atoms with Crippen LogP contribution in [0.4, 0.5) is 4.39 Å². The van der Waals surface area contributed by atoms with Crippen LogP contribution >= 0.6 is 15.9 Å². The van der Waals surface area contributed by atoms with Crippen LogP contribution in [0, 0.1) is 5.82 Å². The summed E-state index contributed by atoms with van der Waals surface area (Å²) in [6.45, 7) is 0.490. The van der Waals surface area contributed by atoms with E-state index in [4.69, 9.17) is 9.47 Å². The summed E-state index contributed by atoms with van der Waals surface area (Å²) in [6, 6.07) is 13.5. The molecule has 1 heterocycles. The second kappa shape index (κ2) is 8.14. The van der Waals surface area contributed by atoms with E-state index in [1.165, 1.54) is 23.0 Å². The third kappa shape index (κ3) is 4.29. The molecule has 0 bridgehead atoms. The molecule has 0 spiro atoms. The van der Waals surface area contributed by atoms with Crippen LogP contribution in [0.2, 0.25) is 0 Å². The molecule has 0 N–H and O–H groups in total. The molecule has 0 unspecified atom stereocenters. The maximum Gasteiger partial charge on any atom is 0.271 e. The topological polar surface area (TPSA) is 53.4 Å². The Bertz CT molecular complexity index is 958. The Morgan fingerprint density at radius 1 is 1.15 bits per heavy atom. The Balaban J connectivity index is 1.73. The first kappa shape index (κ1) is 18.1. The van der Waals surface area contributed by atoms with Gasteiger partial charge in [0.1, 0.15) is 29.0 Å². The van der Waals surface area contributed by atoms with E-state index in [0.29, 0.717) is 5.56 Å². The highest BCUT2D eigenvalue weighted by atomic mass is 79.9. The quantitative estimate of drug-likeness (QED) is 0.611. The van der Waals surface area contributed by atoms with Crippen molar-refractivity contribution in [1.29, 1.82) is 0 Å². The monoisotopic (exact) mass is 418 g/mol. The minimum absolute atomic E-state index is 0.210. The fraction of sp³-hybridized carbons (Fsp3) is 0.158. The summed E-state index contributed by atoms with van der Waals surface area (Å²) in [5.41, 5.74) is 1.30. The molecule has 0 aliphatic carbocycles. The maximum atomic E-state index is 13.3. The largest absolute Gasteiger partial charge is 0.497 e. The van der Waals surface area contributed by atoms with Crippen molar-refractivity contribution in [2.75, 3.05) is 7.11 Å². The predicted octanol–water partition coefficient (Wildman–Crippen LogP) is 3.78. The number of hydrogen-bond donors (Lipinski definition) is 0. The molecule has 134 valence electrons. The standard InChI is InChI=1S/C19H16BrFN2O3/c1-25-16-7-5-13(6-8-16)11-26-18-17(20)19(24)23(12-22-18)10-14-3-2-4-15(21)9-14/h2-9,12H,10-11H2,1H3. The van der Waals surface area contributed by atoms with Gasteiger partial charge in [-0.05, 0) is 51.3 Å². The van der Waals surface area contributed by atoms with Crippen LogP contribution in [0.1, 0.15) is 11.1 Å². The van der Waals surface area contributed by atoms with Crippen molar-refractivity contribution in [2.24, 2.45) is 0 Å². The van der Waals surface area contributed by atoms with Gasteiger partial charge in [0.15, 0.2) is 0 Å². The van der Waals surface area contributed by atoms with E-state index in [2.05, 4.69) is 20.9 Å². The van der Waals surface area contributed by atoms with E-state index in [9.17, 15) is 9.18 Å². The number of ether oxygens (including phenoxy) is 2. The highest BCUT2D eigenvalue weighted by molar-refractivity contribution is 9.10. The van der Waals surface area contributed by atoms with Crippen molar-refractivity contribution < 1.29 is 13.9 Å². The van der Waals surface area contributed by atoms with Gasteiger partial charge in [0, 0.05) is 0 Å². The Morgan fingerprint density at radius 3 is 2.62 bits per heavy atom. The number of benzene rings is 2. The van der Waals surface area contributed by atoms with E-state index in [0.717, 1.165) is 11.3 Å². The summed E-state index contributed by atoms with van der Waals surface area (Å²) >= 11 is 3.24. The van der Waals surface area contributed by atoms with E-state index in [1.54, 1.807) is 19.2 Å². The lowest BCUT2D eigenvalue weighted by Gasteiger charge is -2.10. The highest BCUT2D eigenvalue weighted by Gasteiger charge is 2.11. The smallest absolute Gasteiger partial charge is 0.271 e. The first-order valence-corrected chi connectivity index (χ1v) is 8.61. The molecule has 3 aromatic rings. The Hall–Kier alpha value is -2.67. The zero-order valence-electron chi connectivity index (χ0n) is 14.0. The molecular formula is C19H16BrFN2O3. The highest BCUT2D eigenvalue weighted by Crippen LogP contribution is 2.19. The molecule has 2 aromatic carbocycles. The summed E-state index contributed by atoms with van der Waals surface area (Å²) in [6.07, 6.45) is 1.39. The molecule has 7 heteroatoms. The first-order valence-electron chi connectivity index (χ1n) is 7.82. The van der Waals surface area contributed by atoms with Gasteiger partial charge in [-0.1, -0.05) is 24.3 Å². The molecular weight excluding hydrogens is 403 g/mol. The van der Waals surface area contributed by atoms with Crippen LogP contribution < -0.4 is 15.0 Å². The number of rotatable bonds is 6. The van der Waals surface area contributed by atoms with Crippen molar-refractivity contribution in [3.8, 4) is 11.6 Å². The van der Waals surface area contributed by atoms with Crippen molar-refractivity contribution in [1.82, 2.24) is 9.55 Å². The normalized spacial score (nSPS) is 10.6. The van der Waals surface area contributed by atoms with Gasteiger partial charge in [-0.25, -0.2) is 9.37 Å². The molecule has 0 radical (unpaired) electrons. The number of nitrogens with zero attached hydrogens (tertiary/aromatic N) is 2. The van der Waals surface area contributed by atoms with Gasteiger partial charge in [-0.3, -0.25) is 9.36 Å². The van der Waals surface area contributed by atoms with Crippen LogP contribution in [-0.2, 0) is 13.2 Å². The number of halogens is 2. The number of methoxy groups -OCH3 is 1. The summed E-state index contributed by atoms with van der Waals surface area (Å²) in [5.74, 6) is 0.622. The predicted molar refractivity (Wildman–Crippen MR) is 99.0 cm³/mol. The van der Waals surface area contributed by atoms with Crippen LogP contribution in [0.5, 0.6) is 11.6 Å². The lowest BCUT2D eigenvalue weighted by atomic mass is 10.2. The minimum atomic E-state index is -0.345. The van der Waals surface area contributed by atoms with E-state index < -0.39 is 0 Å². The van der Waals surface area contributed by atoms with Gasteiger partial charge < -0.3 is 9.47 Å². The average Bonchev–Trinajstić information content (AvgIpc) is 2.65. The third-order valence-electron chi connectivity index (χ3n) is 3.73. The van der Waals surface area contributed by atoms with Crippen LogP contribution in [0.15, 0.2) is 64.1 Å². The second-order valence-corrected chi connectivity index (χ2v) is 6.36. The van der Waals surface area contributed by atoms with Crippen LogP contribution in [0.3, 0.4) is 0 Å². The minimum Gasteiger partial charge on any atom is -0.497 e. The van der Waals surface area contributed by atoms with E-state index in [1.807, 2.05) is 24.3 Å². The fourth-order valence-electron chi connectivity index (χ4n) is 2.37. The Kier molecular flexibility index (Phi) is 5.68. The molecule has 3 rings (SSSR count). The summed E-state index contributed by atoms with van der Waals surface area (Å²) < 4.78 is 25.6. The summed E-state index contributed by atoms with van der Waals surface area (Å²) in [5, 5.41) is 0. The lowest BCUT2D eigenvalue weighted by Crippen LogP contribution is -2.22. The fourth-order valence-corrected chi connectivity index (χ4v) is 2.81. The zero-order valence-corrected chi connectivity index (χ0v) is 15.6. The molecule has 26 heavy (non-hydrogen) atoms. The molecule has 0 fully saturated rings. The van der Waals surface area contributed by atoms with Crippen molar-refractivity contribution in [2.45, 2.75) is 13.2 Å². The van der Waals surface area contributed by atoms with Crippen molar-refractivity contribution >= 4 is 15.9 Å². The zero-order chi connectivity index (χ0) is 18.5. The summed E-state index contributed by atoms with van der Waals surface area (Å²) in [4.78, 5) is 16.6. The molecule has 0 saturated carbocycles. The molecule has 0 amide bonds. The molecule has 5 nitrogen and oxygen atoms in total. The van der Waals surface area contributed by atoms with Gasteiger partial charge in [0.2, 0.25) is 5.88 Å². The average molecular weight is 419 g/mol. The third-order valence-corrected chi connectivity index (χ3v) is 4.41. The number of hydrogen-bond acceptors (Lipinski definition) is 4. The van der Waals surface area contributed by atoms with Crippen LogP contribution in [-0.4, -0.2) is 16.7 Å². The van der Waals surface area contributed by atoms with Gasteiger partial charge >= 0.3 is 0 Å². The van der Waals surface area contributed by atoms with E-state index in [-0.39, 0.29) is 34.9 Å². The van der Waals surface area contributed by atoms with Crippen LogP contribution in [0.25, 0.3) is 0 Å². The van der Waals surface area contributed by atoms with Crippen molar-refractivity contribution in [3.05, 3.63) is 86.6 Å². The van der Waals surface area contributed by atoms with E-state index >= 15 is 0 Å². The maximum absolute atomic E-state index is 13.3.